The van der Waals surface area contributed by atoms with Gasteiger partial charge in [-0.1, -0.05) is 19.9 Å². The molecule has 0 aromatic heterocycles. The number of nitrogens with zero attached hydrogens (tertiary/aromatic N) is 1. The van der Waals surface area contributed by atoms with Crippen LogP contribution in [0.15, 0.2) is 18.2 Å². The Bertz CT molecular complexity index is 626. The third-order valence-corrected chi connectivity index (χ3v) is 3.71. The van der Waals surface area contributed by atoms with E-state index in [1.807, 2.05) is 26.8 Å². The molecule has 1 aliphatic rings. The van der Waals surface area contributed by atoms with Gasteiger partial charge in [-0.15, -0.1) is 0 Å². The van der Waals surface area contributed by atoms with Crippen LogP contribution < -0.4 is 15.5 Å². The van der Waals surface area contributed by atoms with Crippen LogP contribution in [0.5, 0.6) is 0 Å². The van der Waals surface area contributed by atoms with Crippen LogP contribution in [0.4, 0.5) is 11.4 Å². The van der Waals surface area contributed by atoms with Gasteiger partial charge in [-0.05, 0) is 37.0 Å². The average molecular weight is 317 g/mol. The van der Waals surface area contributed by atoms with E-state index in [0.717, 1.165) is 17.7 Å². The quantitative estimate of drug-likeness (QED) is 0.832. The van der Waals surface area contributed by atoms with E-state index in [9.17, 15) is 14.4 Å². The number of amides is 3. The monoisotopic (exact) mass is 317 g/mol. The van der Waals surface area contributed by atoms with E-state index in [1.54, 1.807) is 17.0 Å². The molecule has 0 spiro atoms. The molecule has 1 aromatic carbocycles. The van der Waals surface area contributed by atoms with Gasteiger partial charge >= 0.3 is 11.8 Å². The second-order valence-corrected chi connectivity index (χ2v) is 6.21. The molecule has 1 fully saturated rings. The molecule has 2 N–H and O–H groups in total. The second kappa shape index (κ2) is 7.26. The van der Waals surface area contributed by atoms with E-state index >= 15 is 0 Å². The third kappa shape index (κ3) is 4.31. The maximum atomic E-state index is 11.9. The molecule has 0 atom stereocenters. The zero-order valence-corrected chi connectivity index (χ0v) is 13.8. The predicted molar refractivity (Wildman–Crippen MR) is 89.2 cm³/mol. The van der Waals surface area contributed by atoms with E-state index in [4.69, 9.17) is 0 Å². The van der Waals surface area contributed by atoms with Crippen molar-refractivity contribution in [2.75, 3.05) is 23.3 Å². The zero-order chi connectivity index (χ0) is 17.0. The number of anilines is 2. The molecule has 3 amide bonds. The highest BCUT2D eigenvalue weighted by Crippen LogP contribution is 2.28. The van der Waals surface area contributed by atoms with Crippen LogP contribution >= 0.6 is 0 Å². The number of carbonyl (C=O) groups excluding carboxylic acids is 3. The van der Waals surface area contributed by atoms with Crippen molar-refractivity contribution in [1.29, 1.82) is 0 Å². The molecule has 0 unspecified atom stereocenters. The number of hydrogen-bond donors (Lipinski definition) is 2. The first-order valence-electron chi connectivity index (χ1n) is 7.88. The minimum Gasteiger partial charge on any atom is -0.348 e. The van der Waals surface area contributed by atoms with E-state index in [-0.39, 0.29) is 11.8 Å². The molecule has 0 saturated carbocycles. The first-order chi connectivity index (χ1) is 10.9. The normalized spacial score (nSPS) is 14.3. The van der Waals surface area contributed by atoms with Crippen molar-refractivity contribution in [1.82, 2.24) is 5.32 Å². The van der Waals surface area contributed by atoms with Gasteiger partial charge in [0.1, 0.15) is 0 Å². The van der Waals surface area contributed by atoms with Crippen LogP contribution in [0, 0.1) is 12.8 Å². The molecule has 1 aromatic rings. The predicted octanol–water partition coefficient (Wildman–Crippen LogP) is 1.83. The molecule has 1 aliphatic heterocycles. The summed E-state index contributed by atoms with van der Waals surface area (Å²) >= 11 is 0. The molecular formula is C17H23N3O3. The standard InChI is InChI=1S/C17H23N3O3/c1-11(2)10-18-16(22)17(23)19-13-7-6-12(3)14(9-13)20-8-4-5-15(20)21/h6-7,9,11H,4-5,8,10H2,1-3H3,(H,18,22)(H,19,23). The second-order valence-electron chi connectivity index (χ2n) is 6.21. The molecule has 2 rings (SSSR count). The minimum absolute atomic E-state index is 0.0891. The topological polar surface area (TPSA) is 78.5 Å². The van der Waals surface area contributed by atoms with Gasteiger partial charge < -0.3 is 15.5 Å². The van der Waals surface area contributed by atoms with Gasteiger partial charge in [-0.25, -0.2) is 0 Å². The van der Waals surface area contributed by atoms with Gasteiger partial charge in [-0.2, -0.15) is 0 Å². The van der Waals surface area contributed by atoms with Gasteiger partial charge in [0.2, 0.25) is 5.91 Å². The van der Waals surface area contributed by atoms with E-state index in [2.05, 4.69) is 10.6 Å². The van der Waals surface area contributed by atoms with Crippen molar-refractivity contribution in [2.24, 2.45) is 5.92 Å². The highest BCUT2D eigenvalue weighted by molar-refractivity contribution is 6.39. The summed E-state index contributed by atoms with van der Waals surface area (Å²) in [6, 6.07) is 5.31. The van der Waals surface area contributed by atoms with Crippen molar-refractivity contribution >= 4 is 29.1 Å². The fourth-order valence-electron chi connectivity index (χ4n) is 2.45. The number of aryl methyl sites for hydroxylation is 1. The van der Waals surface area contributed by atoms with Gasteiger partial charge in [0.05, 0.1) is 0 Å². The Morgan fingerprint density at radius 2 is 2.00 bits per heavy atom. The Kier molecular flexibility index (Phi) is 5.36. The fourth-order valence-corrected chi connectivity index (χ4v) is 2.45. The summed E-state index contributed by atoms with van der Waals surface area (Å²) < 4.78 is 0. The zero-order valence-electron chi connectivity index (χ0n) is 13.8. The summed E-state index contributed by atoms with van der Waals surface area (Å²) in [4.78, 5) is 37.2. The molecule has 23 heavy (non-hydrogen) atoms. The van der Waals surface area contributed by atoms with E-state index in [0.29, 0.717) is 25.2 Å². The molecule has 124 valence electrons. The lowest BCUT2D eigenvalue weighted by atomic mass is 10.1. The molecular weight excluding hydrogens is 294 g/mol. The smallest absolute Gasteiger partial charge is 0.313 e. The number of nitrogens with one attached hydrogen (secondary N) is 2. The van der Waals surface area contributed by atoms with Crippen LogP contribution in [0.1, 0.15) is 32.3 Å². The Morgan fingerprint density at radius 3 is 2.61 bits per heavy atom. The first-order valence-corrected chi connectivity index (χ1v) is 7.88. The van der Waals surface area contributed by atoms with Crippen LogP contribution in [-0.4, -0.2) is 30.8 Å². The highest BCUT2D eigenvalue weighted by atomic mass is 16.2. The lowest BCUT2D eigenvalue weighted by Gasteiger charge is -2.19. The van der Waals surface area contributed by atoms with Crippen molar-refractivity contribution in [2.45, 2.75) is 33.6 Å². The van der Waals surface area contributed by atoms with Gasteiger partial charge in [0, 0.05) is 30.9 Å². The van der Waals surface area contributed by atoms with Crippen LogP contribution in [0.25, 0.3) is 0 Å². The van der Waals surface area contributed by atoms with E-state index < -0.39 is 11.8 Å². The SMILES string of the molecule is Cc1ccc(NC(=O)C(=O)NCC(C)C)cc1N1CCCC1=O. The fraction of sp³-hybridized carbons (Fsp3) is 0.471. The van der Waals surface area contributed by atoms with Crippen LogP contribution in [-0.2, 0) is 14.4 Å². The molecule has 0 bridgehead atoms. The van der Waals surface area contributed by atoms with Crippen molar-refractivity contribution in [3.63, 3.8) is 0 Å². The summed E-state index contributed by atoms with van der Waals surface area (Å²) in [5.41, 5.74) is 2.25. The van der Waals surface area contributed by atoms with Gasteiger partial charge in [0.15, 0.2) is 0 Å². The minimum atomic E-state index is -0.701. The molecule has 1 heterocycles. The number of carbonyl (C=O) groups is 3. The summed E-state index contributed by atoms with van der Waals surface area (Å²) in [6.07, 6.45) is 1.39. The molecule has 6 nitrogen and oxygen atoms in total. The Morgan fingerprint density at radius 1 is 1.26 bits per heavy atom. The van der Waals surface area contributed by atoms with Crippen LogP contribution in [0.3, 0.4) is 0 Å². The third-order valence-electron chi connectivity index (χ3n) is 3.71. The molecule has 6 heteroatoms. The Balaban J connectivity index is 2.07. The number of benzene rings is 1. The largest absolute Gasteiger partial charge is 0.348 e. The Hall–Kier alpha value is -2.37. The summed E-state index contributed by atoms with van der Waals surface area (Å²) in [7, 11) is 0. The lowest BCUT2D eigenvalue weighted by molar-refractivity contribution is -0.136. The average Bonchev–Trinajstić information content (AvgIpc) is 2.92. The molecule has 0 aliphatic carbocycles. The lowest BCUT2D eigenvalue weighted by Crippen LogP contribution is -2.37. The maximum Gasteiger partial charge on any atom is 0.313 e. The van der Waals surface area contributed by atoms with Gasteiger partial charge in [0.25, 0.3) is 0 Å². The van der Waals surface area contributed by atoms with Crippen LogP contribution in [0.2, 0.25) is 0 Å². The van der Waals surface area contributed by atoms with Crippen molar-refractivity contribution < 1.29 is 14.4 Å². The maximum absolute atomic E-state index is 11.9. The molecule has 1 saturated heterocycles. The summed E-state index contributed by atoms with van der Waals surface area (Å²) in [5.74, 6) is -0.989. The van der Waals surface area contributed by atoms with Crippen molar-refractivity contribution in [3.8, 4) is 0 Å². The van der Waals surface area contributed by atoms with Gasteiger partial charge in [-0.3, -0.25) is 14.4 Å². The van der Waals surface area contributed by atoms with Crippen molar-refractivity contribution in [3.05, 3.63) is 23.8 Å². The first kappa shape index (κ1) is 17.0. The molecule has 0 radical (unpaired) electrons. The summed E-state index contributed by atoms with van der Waals surface area (Å²) in [6.45, 7) is 6.97. The number of rotatable bonds is 4. The number of hydrogen-bond acceptors (Lipinski definition) is 3. The van der Waals surface area contributed by atoms with E-state index in [1.165, 1.54) is 0 Å². The highest BCUT2D eigenvalue weighted by Gasteiger charge is 2.23. The summed E-state index contributed by atoms with van der Waals surface area (Å²) in [5, 5.41) is 5.16. The Labute approximate surface area is 136 Å².